The third kappa shape index (κ3) is 6.02. The summed E-state index contributed by atoms with van der Waals surface area (Å²) in [5.74, 6) is 0.0746. The van der Waals surface area contributed by atoms with Gasteiger partial charge in [0.05, 0.1) is 12.3 Å². The van der Waals surface area contributed by atoms with E-state index in [9.17, 15) is 9.59 Å². The molecule has 0 aromatic carbocycles. The van der Waals surface area contributed by atoms with Crippen LogP contribution in [0.25, 0.3) is 0 Å². The lowest BCUT2D eigenvalue weighted by Crippen LogP contribution is -2.43. The van der Waals surface area contributed by atoms with Gasteiger partial charge in [-0.3, -0.25) is 9.59 Å². The monoisotopic (exact) mass is 302 g/mol. The number of nitrogens with one attached hydrogen (secondary N) is 1. The fourth-order valence-corrected chi connectivity index (χ4v) is 2.75. The van der Waals surface area contributed by atoms with Crippen molar-refractivity contribution in [1.82, 2.24) is 20.4 Å². The van der Waals surface area contributed by atoms with Gasteiger partial charge in [-0.15, -0.1) is 10.2 Å². The molecule has 6 nitrogen and oxygen atoms in total. The topological polar surface area (TPSA) is 75.2 Å². The van der Waals surface area contributed by atoms with Crippen molar-refractivity contribution in [2.75, 3.05) is 18.8 Å². The van der Waals surface area contributed by atoms with E-state index in [0.717, 1.165) is 4.34 Å². The van der Waals surface area contributed by atoms with Gasteiger partial charge in [0.15, 0.2) is 4.34 Å². The summed E-state index contributed by atoms with van der Waals surface area (Å²) >= 11 is 2.74. The summed E-state index contributed by atoms with van der Waals surface area (Å²) in [4.78, 5) is 25.1. The third-order valence-electron chi connectivity index (χ3n) is 2.18. The molecular formula is C11H18N4O2S2. The van der Waals surface area contributed by atoms with E-state index in [2.05, 4.69) is 15.5 Å². The Balaban J connectivity index is 2.40. The summed E-state index contributed by atoms with van der Waals surface area (Å²) in [6.45, 7) is 6.25. The van der Waals surface area contributed by atoms with Gasteiger partial charge in [-0.05, 0) is 20.8 Å². The molecule has 1 heterocycles. The van der Waals surface area contributed by atoms with Gasteiger partial charge in [-0.25, -0.2) is 0 Å². The summed E-state index contributed by atoms with van der Waals surface area (Å²) in [6, 6.07) is 0.0806. The average molecular weight is 302 g/mol. The summed E-state index contributed by atoms with van der Waals surface area (Å²) < 4.78 is 0.760. The maximum atomic E-state index is 12.0. The van der Waals surface area contributed by atoms with Gasteiger partial charge in [0.1, 0.15) is 5.51 Å². The molecular weight excluding hydrogens is 284 g/mol. The lowest BCUT2D eigenvalue weighted by molar-refractivity contribution is -0.134. The fourth-order valence-electron chi connectivity index (χ4n) is 1.36. The van der Waals surface area contributed by atoms with Crippen molar-refractivity contribution in [2.45, 2.75) is 31.2 Å². The summed E-state index contributed by atoms with van der Waals surface area (Å²) in [5.41, 5.74) is 1.63. The smallest absolute Gasteiger partial charge is 0.239 e. The Morgan fingerprint density at radius 1 is 1.53 bits per heavy atom. The molecule has 1 aromatic heterocycles. The number of carbonyl (C=O) groups excluding carboxylic acids is 2. The van der Waals surface area contributed by atoms with Crippen LogP contribution in [-0.2, 0) is 9.59 Å². The van der Waals surface area contributed by atoms with Crippen molar-refractivity contribution in [2.24, 2.45) is 0 Å². The predicted molar refractivity (Wildman–Crippen MR) is 76.2 cm³/mol. The molecule has 0 fully saturated rings. The van der Waals surface area contributed by atoms with Crippen LogP contribution in [0.5, 0.6) is 0 Å². The fraction of sp³-hybridized carbons (Fsp3) is 0.636. The minimum Gasteiger partial charge on any atom is -0.352 e. The first-order chi connectivity index (χ1) is 9.02. The lowest BCUT2D eigenvalue weighted by atomic mass is 10.3. The highest BCUT2D eigenvalue weighted by molar-refractivity contribution is 8.01. The molecule has 19 heavy (non-hydrogen) atoms. The number of likely N-dealkylation sites (N-methyl/N-ethyl adjacent to an activating group) is 1. The molecule has 0 radical (unpaired) electrons. The first-order valence-electron chi connectivity index (χ1n) is 5.99. The molecule has 0 saturated heterocycles. The van der Waals surface area contributed by atoms with Gasteiger partial charge in [0.25, 0.3) is 0 Å². The lowest BCUT2D eigenvalue weighted by Gasteiger charge is -2.20. The maximum absolute atomic E-state index is 12.0. The summed E-state index contributed by atoms with van der Waals surface area (Å²) in [5, 5.41) is 10.3. The number of thioether (sulfide) groups is 1. The third-order valence-corrected chi connectivity index (χ3v) is 4.02. The van der Waals surface area contributed by atoms with Crippen LogP contribution < -0.4 is 5.32 Å². The Kier molecular flexibility index (Phi) is 6.79. The van der Waals surface area contributed by atoms with Crippen molar-refractivity contribution >= 4 is 34.9 Å². The van der Waals surface area contributed by atoms with Gasteiger partial charge in [-0.1, -0.05) is 23.1 Å². The molecule has 1 N–H and O–H groups in total. The Morgan fingerprint density at radius 2 is 2.26 bits per heavy atom. The molecule has 0 unspecified atom stereocenters. The van der Waals surface area contributed by atoms with Crippen molar-refractivity contribution < 1.29 is 9.59 Å². The minimum absolute atomic E-state index is 0.0680. The van der Waals surface area contributed by atoms with Crippen molar-refractivity contribution in [3.8, 4) is 0 Å². The van der Waals surface area contributed by atoms with Crippen molar-refractivity contribution in [3.05, 3.63) is 5.51 Å². The van der Waals surface area contributed by atoms with Gasteiger partial charge in [-0.2, -0.15) is 0 Å². The van der Waals surface area contributed by atoms with Crippen LogP contribution in [0.3, 0.4) is 0 Å². The Morgan fingerprint density at radius 3 is 2.79 bits per heavy atom. The molecule has 0 aliphatic heterocycles. The normalized spacial score (nSPS) is 10.5. The second-order valence-electron chi connectivity index (χ2n) is 4.12. The molecule has 106 valence electrons. The van der Waals surface area contributed by atoms with Crippen molar-refractivity contribution in [3.63, 3.8) is 0 Å². The Bertz CT molecular complexity index is 409. The number of rotatable bonds is 7. The van der Waals surface area contributed by atoms with Crippen LogP contribution in [0.15, 0.2) is 9.85 Å². The zero-order valence-electron chi connectivity index (χ0n) is 11.3. The molecule has 8 heteroatoms. The number of amides is 2. The summed E-state index contributed by atoms with van der Waals surface area (Å²) in [7, 11) is 0. The second-order valence-corrected chi connectivity index (χ2v) is 6.18. The van der Waals surface area contributed by atoms with E-state index in [1.54, 1.807) is 5.51 Å². The molecule has 2 amide bonds. The second kappa shape index (κ2) is 8.11. The number of hydrogen-bond acceptors (Lipinski definition) is 6. The molecule has 0 aliphatic carbocycles. The average Bonchev–Trinajstić information content (AvgIpc) is 2.85. The molecule has 1 aromatic rings. The van der Waals surface area contributed by atoms with Crippen LogP contribution in [-0.4, -0.2) is 51.8 Å². The van der Waals surface area contributed by atoms with E-state index in [1.165, 1.54) is 28.0 Å². The van der Waals surface area contributed by atoms with E-state index in [0.29, 0.717) is 6.54 Å². The van der Waals surface area contributed by atoms with E-state index >= 15 is 0 Å². The first-order valence-corrected chi connectivity index (χ1v) is 7.85. The Hall–Kier alpha value is -1.15. The van der Waals surface area contributed by atoms with Crippen LogP contribution in [0.4, 0.5) is 0 Å². The van der Waals surface area contributed by atoms with E-state index in [1.807, 2.05) is 20.8 Å². The summed E-state index contributed by atoms with van der Waals surface area (Å²) in [6.07, 6.45) is 0. The van der Waals surface area contributed by atoms with Gasteiger partial charge >= 0.3 is 0 Å². The van der Waals surface area contributed by atoms with Gasteiger partial charge in [0.2, 0.25) is 11.8 Å². The highest BCUT2D eigenvalue weighted by Crippen LogP contribution is 2.19. The zero-order valence-corrected chi connectivity index (χ0v) is 12.9. The molecule has 0 spiro atoms. The first kappa shape index (κ1) is 15.9. The number of hydrogen-bond donors (Lipinski definition) is 1. The number of nitrogens with zero attached hydrogens (tertiary/aromatic N) is 3. The molecule has 0 saturated carbocycles. The molecule has 0 atom stereocenters. The number of aromatic nitrogens is 2. The highest BCUT2D eigenvalue weighted by Gasteiger charge is 2.16. The van der Waals surface area contributed by atoms with Crippen LogP contribution >= 0.6 is 23.1 Å². The Labute approximate surface area is 121 Å². The molecule has 0 bridgehead atoms. The van der Waals surface area contributed by atoms with Gasteiger partial charge in [0, 0.05) is 12.6 Å². The standard InChI is InChI=1S/C11H18N4O2S2/c1-4-15(5-9(16)13-8(2)3)10(17)6-18-11-14-12-7-19-11/h7-8H,4-6H2,1-3H3,(H,13,16). The quantitative estimate of drug-likeness (QED) is 0.761. The minimum atomic E-state index is -0.133. The predicted octanol–water partition coefficient (Wildman–Crippen LogP) is 1.00. The van der Waals surface area contributed by atoms with Crippen LogP contribution in [0, 0.1) is 0 Å². The molecule has 0 aliphatic rings. The van der Waals surface area contributed by atoms with E-state index in [-0.39, 0.29) is 30.2 Å². The van der Waals surface area contributed by atoms with E-state index in [4.69, 9.17) is 0 Å². The van der Waals surface area contributed by atoms with Crippen molar-refractivity contribution in [1.29, 1.82) is 0 Å². The van der Waals surface area contributed by atoms with Crippen LogP contribution in [0.2, 0.25) is 0 Å². The number of carbonyl (C=O) groups is 2. The molecule has 1 rings (SSSR count). The van der Waals surface area contributed by atoms with Crippen LogP contribution in [0.1, 0.15) is 20.8 Å². The zero-order chi connectivity index (χ0) is 14.3. The highest BCUT2D eigenvalue weighted by atomic mass is 32.2. The SMILES string of the molecule is CCN(CC(=O)NC(C)C)C(=O)CSc1nncs1. The van der Waals surface area contributed by atoms with E-state index < -0.39 is 0 Å². The van der Waals surface area contributed by atoms with Gasteiger partial charge < -0.3 is 10.2 Å². The largest absolute Gasteiger partial charge is 0.352 e. The maximum Gasteiger partial charge on any atom is 0.239 e.